The zero-order chi connectivity index (χ0) is 11.7. The van der Waals surface area contributed by atoms with E-state index in [1.165, 1.54) is 31.6 Å². The molecule has 2 fully saturated rings. The summed E-state index contributed by atoms with van der Waals surface area (Å²) in [6, 6.07) is 11.6. The molecule has 1 aromatic rings. The van der Waals surface area contributed by atoms with E-state index in [0.717, 1.165) is 24.4 Å². The van der Waals surface area contributed by atoms with E-state index in [1.54, 1.807) is 0 Å². The second-order valence-corrected chi connectivity index (χ2v) is 5.57. The molecule has 0 aromatic heterocycles. The molecular weight excluding hydrogens is 208 g/mol. The van der Waals surface area contributed by atoms with Crippen molar-refractivity contribution in [2.24, 2.45) is 11.8 Å². The first-order valence-electron chi connectivity index (χ1n) is 6.83. The van der Waals surface area contributed by atoms with Crippen LogP contribution in [-0.4, -0.2) is 30.6 Å². The van der Waals surface area contributed by atoms with E-state index in [4.69, 9.17) is 0 Å². The van der Waals surface area contributed by atoms with E-state index in [0.29, 0.717) is 0 Å². The van der Waals surface area contributed by atoms with Crippen molar-refractivity contribution in [2.75, 3.05) is 19.6 Å². The summed E-state index contributed by atoms with van der Waals surface area (Å²) in [6.45, 7) is 7.24. The van der Waals surface area contributed by atoms with Crippen LogP contribution in [0.3, 0.4) is 0 Å². The molecule has 2 nitrogen and oxygen atoms in total. The molecule has 17 heavy (non-hydrogen) atoms. The molecule has 2 heterocycles. The van der Waals surface area contributed by atoms with Gasteiger partial charge in [-0.1, -0.05) is 30.3 Å². The van der Waals surface area contributed by atoms with Crippen molar-refractivity contribution >= 4 is 0 Å². The number of rotatable bonds is 2. The monoisotopic (exact) mass is 230 g/mol. The SMILES string of the molecule is CC1C2CCNCC2CN1Cc1ccccc1. The molecule has 0 amide bonds. The molecule has 2 aliphatic rings. The third-order valence-electron chi connectivity index (χ3n) is 4.56. The third-order valence-corrected chi connectivity index (χ3v) is 4.56. The highest BCUT2D eigenvalue weighted by atomic mass is 15.2. The molecule has 3 unspecified atom stereocenters. The summed E-state index contributed by atoms with van der Waals surface area (Å²) >= 11 is 0. The molecule has 0 bridgehead atoms. The van der Waals surface area contributed by atoms with Gasteiger partial charge in [0.2, 0.25) is 0 Å². The lowest BCUT2D eigenvalue weighted by Gasteiger charge is -2.28. The summed E-state index contributed by atoms with van der Waals surface area (Å²) < 4.78 is 0. The van der Waals surface area contributed by atoms with Crippen LogP contribution in [-0.2, 0) is 6.54 Å². The first kappa shape index (κ1) is 11.2. The summed E-state index contributed by atoms with van der Waals surface area (Å²) in [7, 11) is 0. The molecule has 2 heteroatoms. The zero-order valence-corrected chi connectivity index (χ0v) is 10.6. The average molecular weight is 230 g/mol. The van der Waals surface area contributed by atoms with Gasteiger partial charge < -0.3 is 5.32 Å². The maximum absolute atomic E-state index is 3.53. The Balaban J connectivity index is 1.68. The Morgan fingerprint density at radius 2 is 2.12 bits per heavy atom. The highest BCUT2D eigenvalue weighted by molar-refractivity contribution is 5.15. The van der Waals surface area contributed by atoms with E-state index in [1.807, 2.05) is 0 Å². The van der Waals surface area contributed by atoms with Crippen molar-refractivity contribution < 1.29 is 0 Å². The van der Waals surface area contributed by atoms with Crippen molar-refractivity contribution in [1.29, 1.82) is 0 Å². The van der Waals surface area contributed by atoms with Gasteiger partial charge >= 0.3 is 0 Å². The van der Waals surface area contributed by atoms with Gasteiger partial charge in [0.25, 0.3) is 0 Å². The van der Waals surface area contributed by atoms with Crippen molar-refractivity contribution in [3.05, 3.63) is 35.9 Å². The van der Waals surface area contributed by atoms with E-state index < -0.39 is 0 Å². The lowest BCUT2D eigenvalue weighted by atomic mass is 9.86. The quantitative estimate of drug-likeness (QED) is 0.837. The van der Waals surface area contributed by atoms with Crippen LogP contribution < -0.4 is 5.32 Å². The van der Waals surface area contributed by atoms with E-state index in [9.17, 15) is 0 Å². The minimum absolute atomic E-state index is 0.752. The average Bonchev–Trinajstić information content (AvgIpc) is 2.68. The molecule has 0 radical (unpaired) electrons. The maximum atomic E-state index is 3.53. The zero-order valence-electron chi connectivity index (χ0n) is 10.6. The Labute approximate surface area is 104 Å². The van der Waals surface area contributed by atoms with Crippen molar-refractivity contribution in [2.45, 2.75) is 25.9 Å². The largest absolute Gasteiger partial charge is 0.316 e. The highest BCUT2D eigenvalue weighted by Gasteiger charge is 2.39. The van der Waals surface area contributed by atoms with Crippen molar-refractivity contribution in [3.8, 4) is 0 Å². The van der Waals surface area contributed by atoms with Gasteiger partial charge in [-0.15, -0.1) is 0 Å². The van der Waals surface area contributed by atoms with Crippen LogP contribution in [0.5, 0.6) is 0 Å². The molecule has 3 rings (SSSR count). The smallest absolute Gasteiger partial charge is 0.0236 e. The Kier molecular flexibility index (Phi) is 3.17. The fraction of sp³-hybridized carbons (Fsp3) is 0.600. The summed E-state index contributed by atoms with van der Waals surface area (Å²) in [4.78, 5) is 2.66. The Morgan fingerprint density at radius 1 is 1.29 bits per heavy atom. The van der Waals surface area contributed by atoms with Crippen LogP contribution >= 0.6 is 0 Å². The van der Waals surface area contributed by atoms with Gasteiger partial charge in [-0.3, -0.25) is 4.90 Å². The fourth-order valence-electron chi connectivity index (χ4n) is 3.54. The molecule has 2 saturated heterocycles. The summed E-state index contributed by atoms with van der Waals surface area (Å²) in [5.41, 5.74) is 1.45. The van der Waals surface area contributed by atoms with Gasteiger partial charge in [-0.25, -0.2) is 0 Å². The first-order chi connectivity index (χ1) is 8.34. The predicted octanol–water partition coefficient (Wildman–Crippen LogP) is 2.12. The van der Waals surface area contributed by atoms with Crippen LogP contribution in [0, 0.1) is 11.8 Å². The van der Waals surface area contributed by atoms with Gasteiger partial charge in [0.1, 0.15) is 0 Å². The van der Waals surface area contributed by atoms with Gasteiger partial charge in [0.05, 0.1) is 0 Å². The first-order valence-corrected chi connectivity index (χ1v) is 6.83. The fourth-order valence-corrected chi connectivity index (χ4v) is 3.54. The summed E-state index contributed by atoms with van der Waals surface area (Å²) in [5.74, 6) is 1.79. The van der Waals surface area contributed by atoms with E-state index in [2.05, 4.69) is 47.5 Å². The molecule has 0 saturated carbocycles. The number of piperidine rings is 1. The van der Waals surface area contributed by atoms with Crippen molar-refractivity contribution in [3.63, 3.8) is 0 Å². The van der Waals surface area contributed by atoms with Crippen LogP contribution in [0.25, 0.3) is 0 Å². The van der Waals surface area contributed by atoms with Crippen LogP contribution in [0.4, 0.5) is 0 Å². The Hall–Kier alpha value is -0.860. The second-order valence-electron chi connectivity index (χ2n) is 5.57. The van der Waals surface area contributed by atoms with E-state index >= 15 is 0 Å². The maximum Gasteiger partial charge on any atom is 0.0236 e. The topological polar surface area (TPSA) is 15.3 Å². The standard InChI is InChI=1S/C15H22N2/c1-12-15-7-8-16-9-14(15)11-17(12)10-13-5-3-2-4-6-13/h2-6,12,14-16H,7-11H2,1H3. The number of nitrogens with one attached hydrogen (secondary N) is 1. The molecule has 0 aliphatic carbocycles. The molecule has 1 aromatic carbocycles. The van der Waals surface area contributed by atoms with Gasteiger partial charge in [0, 0.05) is 19.1 Å². The highest BCUT2D eigenvalue weighted by Crippen LogP contribution is 2.34. The van der Waals surface area contributed by atoms with Crippen LogP contribution in [0.15, 0.2) is 30.3 Å². The van der Waals surface area contributed by atoms with Crippen molar-refractivity contribution in [1.82, 2.24) is 10.2 Å². The molecule has 1 N–H and O–H groups in total. The second kappa shape index (κ2) is 4.79. The lowest BCUT2D eigenvalue weighted by Crippen LogP contribution is -2.37. The number of hydrogen-bond acceptors (Lipinski definition) is 2. The molecular formula is C15H22N2. The number of benzene rings is 1. The van der Waals surface area contributed by atoms with Gasteiger partial charge in [-0.05, 0) is 43.8 Å². The number of fused-ring (bicyclic) bond motifs is 1. The summed E-state index contributed by atoms with van der Waals surface area (Å²) in [5, 5.41) is 3.53. The molecule has 0 spiro atoms. The molecule has 2 aliphatic heterocycles. The molecule has 3 atom stereocenters. The molecule has 92 valence electrons. The van der Waals surface area contributed by atoms with Gasteiger partial charge in [-0.2, -0.15) is 0 Å². The van der Waals surface area contributed by atoms with E-state index in [-0.39, 0.29) is 0 Å². The number of likely N-dealkylation sites (tertiary alicyclic amines) is 1. The predicted molar refractivity (Wildman–Crippen MR) is 70.8 cm³/mol. The number of nitrogens with zero attached hydrogens (tertiary/aromatic N) is 1. The lowest BCUT2D eigenvalue weighted by molar-refractivity contribution is 0.224. The van der Waals surface area contributed by atoms with Crippen LogP contribution in [0.1, 0.15) is 18.9 Å². The van der Waals surface area contributed by atoms with Crippen LogP contribution in [0.2, 0.25) is 0 Å². The summed E-state index contributed by atoms with van der Waals surface area (Å²) in [6.07, 6.45) is 1.36. The Morgan fingerprint density at radius 3 is 2.88 bits per heavy atom. The van der Waals surface area contributed by atoms with Gasteiger partial charge in [0.15, 0.2) is 0 Å². The normalized spacial score (nSPS) is 33.6. The minimum Gasteiger partial charge on any atom is -0.316 e. The Bertz CT molecular complexity index is 362. The number of hydrogen-bond donors (Lipinski definition) is 1. The minimum atomic E-state index is 0.752. The third kappa shape index (κ3) is 2.24.